The number of thiazole rings is 1. The van der Waals surface area contributed by atoms with Crippen molar-refractivity contribution in [3.05, 3.63) is 16.6 Å². The lowest BCUT2D eigenvalue weighted by molar-refractivity contribution is 0.470. The van der Waals surface area contributed by atoms with Crippen molar-refractivity contribution in [2.45, 2.75) is 39.0 Å². The van der Waals surface area contributed by atoms with E-state index in [9.17, 15) is 0 Å². The molecule has 1 aromatic rings. The van der Waals surface area contributed by atoms with Crippen molar-refractivity contribution < 1.29 is 0 Å². The summed E-state index contributed by atoms with van der Waals surface area (Å²) in [5.74, 6) is 0. The molecule has 0 saturated carbocycles. The summed E-state index contributed by atoms with van der Waals surface area (Å²) in [4.78, 5) is 4.33. The Hall–Kier alpha value is -0.370. The van der Waals surface area contributed by atoms with E-state index in [1.165, 1.54) is 17.8 Å². The highest BCUT2D eigenvalue weighted by Crippen LogP contribution is 2.29. The molecule has 1 nitrogen and oxygen atoms in total. The zero-order valence-electron chi connectivity index (χ0n) is 7.42. The second-order valence-electron chi connectivity index (χ2n) is 3.47. The minimum absolute atomic E-state index is 0.281. The summed E-state index contributed by atoms with van der Waals surface area (Å²) in [5, 5.41) is 3.31. The van der Waals surface area contributed by atoms with Crippen LogP contribution < -0.4 is 0 Å². The molecule has 0 unspecified atom stereocenters. The van der Waals surface area contributed by atoms with Gasteiger partial charge in [0.25, 0.3) is 0 Å². The van der Waals surface area contributed by atoms with Gasteiger partial charge in [-0.05, 0) is 6.42 Å². The first-order valence-corrected chi connectivity index (χ1v) is 4.95. The zero-order valence-corrected chi connectivity index (χ0v) is 8.24. The van der Waals surface area contributed by atoms with Crippen LogP contribution in [0.25, 0.3) is 0 Å². The Balaban J connectivity index is 2.73. The number of hydrogen-bond donors (Lipinski definition) is 0. The fourth-order valence-electron chi connectivity index (χ4n) is 1.29. The molecule has 2 heteroatoms. The third-order valence-electron chi connectivity index (χ3n) is 1.89. The van der Waals surface area contributed by atoms with Crippen molar-refractivity contribution in [2.24, 2.45) is 0 Å². The lowest BCUT2D eigenvalue weighted by atomic mass is 9.89. The smallest absolute Gasteiger partial charge is 0.0981 e. The maximum atomic E-state index is 4.33. The molecule has 0 aliphatic rings. The van der Waals surface area contributed by atoms with Crippen LogP contribution in [0.1, 0.15) is 38.6 Å². The average molecular weight is 169 g/mol. The van der Waals surface area contributed by atoms with E-state index in [4.69, 9.17) is 0 Å². The van der Waals surface area contributed by atoms with Gasteiger partial charge in [0.05, 0.1) is 5.01 Å². The Kier molecular flexibility index (Phi) is 2.66. The minimum Gasteiger partial charge on any atom is -0.249 e. The van der Waals surface area contributed by atoms with Crippen molar-refractivity contribution in [2.75, 3.05) is 0 Å². The molecule has 11 heavy (non-hydrogen) atoms. The molecule has 0 radical (unpaired) electrons. The quantitative estimate of drug-likeness (QED) is 0.677. The predicted molar refractivity (Wildman–Crippen MR) is 50.0 cm³/mol. The topological polar surface area (TPSA) is 12.9 Å². The maximum Gasteiger partial charge on any atom is 0.0981 e. The van der Waals surface area contributed by atoms with Gasteiger partial charge >= 0.3 is 0 Å². The summed E-state index contributed by atoms with van der Waals surface area (Å²) in [6.45, 7) is 6.74. The van der Waals surface area contributed by atoms with Crippen LogP contribution in [0.4, 0.5) is 0 Å². The maximum absolute atomic E-state index is 4.33. The molecule has 1 aromatic heterocycles. The lowest BCUT2D eigenvalue weighted by Gasteiger charge is -2.20. The average Bonchev–Trinajstić information content (AvgIpc) is 2.37. The lowest BCUT2D eigenvalue weighted by Crippen LogP contribution is -2.15. The van der Waals surface area contributed by atoms with E-state index in [0.717, 1.165) is 0 Å². The summed E-state index contributed by atoms with van der Waals surface area (Å²) < 4.78 is 0. The van der Waals surface area contributed by atoms with Gasteiger partial charge in [-0.15, -0.1) is 11.3 Å². The van der Waals surface area contributed by atoms with E-state index in [1.54, 1.807) is 11.3 Å². The van der Waals surface area contributed by atoms with Crippen molar-refractivity contribution in [3.63, 3.8) is 0 Å². The van der Waals surface area contributed by atoms with Crippen molar-refractivity contribution in [3.8, 4) is 0 Å². The molecule has 0 amide bonds. The van der Waals surface area contributed by atoms with E-state index < -0.39 is 0 Å². The molecule has 0 N–H and O–H groups in total. The second kappa shape index (κ2) is 3.35. The molecule has 1 heterocycles. The minimum atomic E-state index is 0.281. The first kappa shape index (κ1) is 8.72. The largest absolute Gasteiger partial charge is 0.249 e. The SMILES string of the molecule is CCCC(C)(C)c1nccs1. The van der Waals surface area contributed by atoms with Crippen molar-refractivity contribution in [1.82, 2.24) is 4.98 Å². The van der Waals surface area contributed by atoms with Gasteiger partial charge in [-0.2, -0.15) is 0 Å². The second-order valence-corrected chi connectivity index (χ2v) is 4.37. The molecule has 62 valence electrons. The number of hydrogen-bond acceptors (Lipinski definition) is 2. The number of rotatable bonds is 3. The van der Waals surface area contributed by atoms with Gasteiger partial charge in [0.1, 0.15) is 0 Å². The van der Waals surface area contributed by atoms with Gasteiger partial charge in [-0.3, -0.25) is 0 Å². The monoisotopic (exact) mass is 169 g/mol. The van der Waals surface area contributed by atoms with Crippen LogP contribution in [0.5, 0.6) is 0 Å². The third-order valence-corrected chi connectivity index (χ3v) is 3.03. The molecule has 1 rings (SSSR count). The summed E-state index contributed by atoms with van der Waals surface area (Å²) >= 11 is 1.76. The summed E-state index contributed by atoms with van der Waals surface area (Å²) in [5.41, 5.74) is 0.281. The number of aromatic nitrogens is 1. The molecule has 0 aliphatic carbocycles. The van der Waals surface area contributed by atoms with Gasteiger partial charge in [0.15, 0.2) is 0 Å². The molecule has 0 atom stereocenters. The zero-order chi connectivity index (χ0) is 8.32. The fourth-order valence-corrected chi connectivity index (χ4v) is 2.08. The highest BCUT2D eigenvalue weighted by molar-refractivity contribution is 7.09. The molecule has 0 aliphatic heterocycles. The standard InChI is InChI=1S/C9H15NS/c1-4-5-9(2,3)8-10-6-7-11-8/h6-7H,4-5H2,1-3H3. The van der Waals surface area contributed by atoms with Crippen molar-refractivity contribution in [1.29, 1.82) is 0 Å². The Labute approximate surface area is 72.5 Å². The van der Waals surface area contributed by atoms with Crippen LogP contribution in [-0.4, -0.2) is 4.98 Å². The molecule has 0 spiro atoms. The van der Waals surface area contributed by atoms with Gasteiger partial charge < -0.3 is 0 Å². The van der Waals surface area contributed by atoms with Crippen LogP contribution in [-0.2, 0) is 5.41 Å². The highest BCUT2D eigenvalue weighted by atomic mass is 32.1. The van der Waals surface area contributed by atoms with E-state index in [2.05, 4.69) is 25.8 Å². The Morgan fingerprint density at radius 2 is 2.27 bits per heavy atom. The Bertz CT molecular complexity index is 201. The molecular weight excluding hydrogens is 154 g/mol. The van der Waals surface area contributed by atoms with Crippen LogP contribution in [0.2, 0.25) is 0 Å². The predicted octanol–water partition coefficient (Wildman–Crippen LogP) is 3.22. The first-order valence-electron chi connectivity index (χ1n) is 4.07. The molecular formula is C9H15NS. The molecule has 0 aromatic carbocycles. The van der Waals surface area contributed by atoms with Crippen LogP contribution in [0, 0.1) is 0 Å². The molecule has 0 saturated heterocycles. The highest BCUT2D eigenvalue weighted by Gasteiger charge is 2.21. The van der Waals surface area contributed by atoms with Crippen LogP contribution in [0.15, 0.2) is 11.6 Å². The van der Waals surface area contributed by atoms with Crippen LogP contribution in [0.3, 0.4) is 0 Å². The fraction of sp³-hybridized carbons (Fsp3) is 0.667. The van der Waals surface area contributed by atoms with Gasteiger partial charge in [-0.1, -0.05) is 27.2 Å². The number of nitrogens with zero attached hydrogens (tertiary/aromatic N) is 1. The molecule has 0 fully saturated rings. The normalized spacial score (nSPS) is 11.9. The van der Waals surface area contributed by atoms with E-state index >= 15 is 0 Å². The Morgan fingerprint density at radius 1 is 1.55 bits per heavy atom. The van der Waals surface area contributed by atoms with Gasteiger partial charge in [-0.25, -0.2) is 4.98 Å². The van der Waals surface area contributed by atoms with Crippen molar-refractivity contribution >= 4 is 11.3 Å². The molecule has 0 bridgehead atoms. The Morgan fingerprint density at radius 3 is 2.73 bits per heavy atom. The van der Waals surface area contributed by atoms with E-state index in [1.807, 2.05) is 11.6 Å². The third kappa shape index (κ3) is 2.03. The van der Waals surface area contributed by atoms with Gasteiger partial charge in [0, 0.05) is 17.0 Å². The van der Waals surface area contributed by atoms with Gasteiger partial charge in [0.2, 0.25) is 0 Å². The van der Waals surface area contributed by atoms with E-state index in [0.29, 0.717) is 0 Å². The summed E-state index contributed by atoms with van der Waals surface area (Å²) in [6, 6.07) is 0. The summed E-state index contributed by atoms with van der Waals surface area (Å²) in [6.07, 6.45) is 4.34. The summed E-state index contributed by atoms with van der Waals surface area (Å²) in [7, 11) is 0. The first-order chi connectivity index (χ1) is 5.17. The van der Waals surface area contributed by atoms with Crippen LogP contribution >= 0.6 is 11.3 Å². The van der Waals surface area contributed by atoms with E-state index in [-0.39, 0.29) is 5.41 Å².